The Morgan fingerprint density at radius 1 is 1.27 bits per heavy atom. The van der Waals surface area contributed by atoms with Crippen LogP contribution in [0.5, 0.6) is 0 Å². The van der Waals surface area contributed by atoms with Crippen molar-refractivity contribution in [2.75, 3.05) is 33.3 Å². The molecular formula is C15H24N2O5. The van der Waals surface area contributed by atoms with E-state index in [1.807, 2.05) is 6.92 Å². The average molecular weight is 312 g/mol. The Labute approximate surface area is 130 Å². The topological polar surface area (TPSA) is 87.2 Å². The summed E-state index contributed by atoms with van der Waals surface area (Å²) in [6.07, 6.45) is 1.69. The molecule has 124 valence electrons. The van der Waals surface area contributed by atoms with Crippen molar-refractivity contribution in [2.24, 2.45) is 11.8 Å². The standard InChI is InChI=1S/C15H24N2O5/c1-3-22-12-8-11(12)14(19)16(2)9-13(18)17-6-4-10(5-7-17)15(20)21/h10-12H,3-9H2,1-2H3,(H,20,21)/t11-,12+/m1/s1. The zero-order valence-corrected chi connectivity index (χ0v) is 13.2. The summed E-state index contributed by atoms with van der Waals surface area (Å²) in [5, 5.41) is 8.95. The molecule has 1 aliphatic carbocycles. The van der Waals surface area contributed by atoms with E-state index in [0.717, 1.165) is 6.42 Å². The highest BCUT2D eigenvalue weighted by Crippen LogP contribution is 2.35. The second kappa shape index (κ2) is 7.09. The van der Waals surface area contributed by atoms with E-state index >= 15 is 0 Å². The van der Waals surface area contributed by atoms with Gasteiger partial charge in [-0.05, 0) is 26.2 Å². The van der Waals surface area contributed by atoms with Gasteiger partial charge in [0.25, 0.3) is 0 Å². The molecule has 1 heterocycles. The maximum Gasteiger partial charge on any atom is 0.306 e. The number of ether oxygens (including phenoxy) is 1. The van der Waals surface area contributed by atoms with Crippen molar-refractivity contribution in [3.63, 3.8) is 0 Å². The predicted octanol–water partition coefficient (Wildman–Crippen LogP) is 0.193. The minimum Gasteiger partial charge on any atom is -0.481 e. The smallest absolute Gasteiger partial charge is 0.306 e. The largest absolute Gasteiger partial charge is 0.481 e. The van der Waals surface area contributed by atoms with E-state index in [0.29, 0.717) is 32.5 Å². The molecule has 0 bridgehead atoms. The minimum absolute atomic E-state index is 0.00126. The number of aliphatic carboxylic acids is 1. The number of amides is 2. The molecule has 0 radical (unpaired) electrons. The normalized spacial score (nSPS) is 24.9. The fourth-order valence-electron chi connectivity index (χ4n) is 2.87. The van der Waals surface area contributed by atoms with Gasteiger partial charge in [-0.2, -0.15) is 0 Å². The summed E-state index contributed by atoms with van der Waals surface area (Å²) in [4.78, 5) is 38.3. The van der Waals surface area contributed by atoms with Crippen LogP contribution >= 0.6 is 0 Å². The van der Waals surface area contributed by atoms with Crippen LogP contribution in [-0.2, 0) is 19.1 Å². The lowest BCUT2D eigenvalue weighted by Gasteiger charge is -2.31. The van der Waals surface area contributed by atoms with Crippen molar-refractivity contribution in [3.8, 4) is 0 Å². The lowest BCUT2D eigenvalue weighted by molar-refractivity contribution is -0.146. The Balaban J connectivity index is 1.75. The van der Waals surface area contributed by atoms with Gasteiger partial charge in [-0.25, -0.2) is 0 Å². The van der Waals surface area contributed by atoms with Gasteiger partial charge in [0.1, 0.15) is 0 Å². The molecule has 2 atom stereocenters. The lowest BCUT2D eigenvalue weighted by atomic mass is 9.97. The van der Waals surface area contributed by atoms with Crippen molar-refractivity contribution < 1.29 is 24.2 Å². The molecule has 1 aliphatic heterocycles. The third-order valence-corrected chi connectivity index (χ3v) is 4.38. The molecule has 7 nitrogen and oxygen atoms in total. The van der Waals surface area contributed by atoms with Gasteiger partial charge in [-0.1, -0.05) is 0 Å². The molecule has 0 spiro atoms. The van der Waals surface area contributed by atoms with E-state index in [1.165, 1.54) is 4.90 Å². The maximum absolute atomic E-state index is 12.2. The third-order valence-electron chi connectivity index (χ3n) is 4.38. The van der Waals surface area contributed by atoms with E-state index in [2.05, 4.69) is 0 Å². The molecule has 22 heavy (non-hydrogen) atoms. The van der Waals surface area contributed by atoms with Crippen molar-refractivity contribution in [1.82, 2.24) is 9.80 Å². The van der Waals surface area contributed by atoms with E-state index in [1.54, 1.807) is 11.9 Å². The zero-order chi connectivity index (χ0) is 16.3. The summed E-state index contributed by atoms with van der Waals surface area (Å²) >= 11 is 0. The fraction of sp³-hybridized carbons (Fsp3) is 0.800. The van der Waals surface area contributed by atoms with Gasteiger partial charge in [0.15, 0.2) is 0 Å². The molecule has 1 saturated carbocycles. The van der Waals surface area contributed by atoms with Crippen LogP contribution in [0.25, 0.3) is 0 Å². The highest BCUT2D eigenvalue weighted by Gasteiger charge is 2.45. The molecule has 2 amide bonds. The molecule has 1 saturated heterocycles. The van der Waals surface area contributed by atoms with Gasteiger partial charge < -0.3 is 19.6 Å². The third kappa shape index (κ3) is 3.97. The molecule has 7 heteroatoms. The molecule has 2 rings (SSSR count). The second-order valence-electron chi connectivity index (χ2n) is 6.02. The maximum atomic E-state index is 12.2. The number of carbonyl (C=O) groups excluding carboxylic acids is 2. The number of carbonyl (C=O) groups is 3. The van der Waals surface area contributed by atoms with Gasteiger partial charge >= 0.3 is 5.97 Å². The van der Waals surface area contributed by atoms with Crippen LogP contribution in [0.4, 0.5) is 0 Å². The number of carboxylic acid groups (broad SMARTS) is 1. The zero-order valence-electron chi connectivity index (χ0n) is 13.2. The van der Waals surface area contributed by atoms with Gasteiger partial charge in [0.05, 0.1) is 24.5 Å². The summed E-state index contributed by atoms with van der Waals surface area (Å²) in [5.74, 6) is -1.44. The molecule has 2 aliphatic rings. The molecule has 0 unspecified atom stereocenters. The number of rotatable bonds is 6. The Morgan fingerprint density at radius 2 is 1.91 bits per heavy atom. The fourth-order valence-corrected chi connectivity index (χ4v) is 2.87. The van der Waals surface area contributed by atoms with Crippen molar-refractivity contribution in [3.05, 3.63) is 0 Å². The number of carboxylic acids is 1. The van der Waals surface area contributed by atoms with E-state index in [9.17, 15) is 14.4 Å². The number of hydrogen-bond donors (Lipinski definition) is 1. The van der Waals surface area contributed by atoms with Gasteiger partial charge in [-0.3, -0.25) is 14.4 Å². The number of hydrogen-bond acceptors (Lipinski definition) is 4. The van der Waals surface area contributed by atoms with Crippen molar-refractivity contribution >= 4 is 17.8 Å². The quantitative estimate of drug-likeness (QED) is 0.757. The van der Waals surface area contributed by atoms with E-state index in [4.69, 9.17) is 9.84 Å². The lowest BCUT2D eigenvalue weighted by Crippen LogP contribution is -2.45. The molecular weight excluding hydrogens is 288 g/mol. The Bertz CT molecular complexity index is 445. The van der Waals surface area contributed by atoms with Gasteiger partial charge in [0.2, 0.25) is 11.8 Å². The van der Waals surface area contributed by atoms with E-state index in [-0.39, 0.29) is 36.3 Å². The first-order chi connectivity index (χ1) is 10.4. The molecule has 2 fully saturated rings. The van der Waals surface area contributed by atoms with E-state index < -0.39 is 5.97 Å². The minimum atomic E-state index is -0.796. The van der Waals surface area contributed by atoms with Gasteiger partial charge in [-0.15, -0.1) is 0 Å². The SMILES string of the molecule is CCO[C@H]1C[C@H]1C(=O)N(C)CC(=O)N1CCC(C(=O)O)CC1. The average Bonchev–Trinajstić information content (AvgIpc) is 3.26. The first-order valence-corrected chi connectivity index (χ1v) is 7.81. The molecule has 0 aromatic rings. The highest BCUT2D eigenvalue weighted by molar-refractivity contribution is 5.87. The van der Waals surface area contributed by atoms with Crippen LogP contribution < -0.4 is 0 Å². The van der Waals surface area contributed by atoms with Crippen LogP contribution in [-0.4, -0.2) is 72.1 Å². The summed E-state index contributed by atoms with van der Waals surface area (Å²) in [6.45, 7) is 3.43. The number of piperidine rings is 1. The molecule has 0 aromatic carbocycles. The summed E-state index contributed by atoms with van der Waals surface area (Å²) in [5.41, 5.74) is 0. The van der Waals surface area contributed by atoms with Gasteiger partial charge in [0, 0.05) is 26.7 Å². The van der Waals surface area contributed by atoms with Crippen LogP contribution in [0.15, 0.2) is 0 Å². The molecule has 1 N–H and O–H groups in total. The van der Waals surface area contributed by atoms with Crippen LogP contribution in [0.2, 0.25) is 0 Å². The summed E-state index contributed by atoms with van der Waals surface area (Å²) < 4.78 is 5.39. The monoisotopic (exact) mass is 312 g/mol. The van der Waals surface area contributed by atoms with Crippen molar-refractivity contribution in [2.45, 2.75) is 32.3 Å². The van der Waals surface area contributed by atoms with Crippen LogP contribution in [0, 0.1) is 11.8 Å². The number of likely N-dealkylation sites (tertiary alicyclic amines) is 1. The first kappa shape index (κ1) is 16.7. The van der Waals surface area contributed by atoms with Crippen molar-refractivity contribution in [1.29, 1.82) is 0 Å². The Kier molecular flexibility index (Phi) is 5.39. The first-order valence-electron chi connectivity index (χ1n) is 7.81. The Morgan fingerprint density at radius 3 is 2.45 bits per heavy atom. The van der Waals surface area contributed by atoms with Crippen LogP contribution in [0.3, 0.4) is 0 Å². The predicted molar refractivity (Wildman–Crippen MR) is 78.1 cm³/mol. The Hall–Kier alpha value is -1.63. The number of nitrogens with zero attached hydrogens (tertiary/aromatic N) is 2. The molecule has 0 aromatic heterocycles. The second-order valence-corrected chi connectivity index (χ2v) is 6.02. The highest BCUT2D eigenvalue weighted by atomic mass is 16.5. The van der Waals surface area contributed by atoms with Crippen LogP contribution in [0.1, 0.15) is 26.2 Å². The summed E-state index contributed by atoms with van der Waals surface area (Å²) in [7, 11) is 1.63. The summed E-state index contributed by atoms with van der Waals surface area (Å²) in [6, 6.07) is 0. The number of likely N-dealkylation sites (N-methyl/N-ethyl adjacent to an activating group) is 1.